The van der Waals surface area contributed by atoms with E-state index in [4.69, 9.17) is 4.98 Å². The summed E-state index contributed by atoms with van der Waals surface area (Å²) in [5.74, 6) is -0.119. The van der Waals surface area contributed by atoms with Crippen LogP contribution in [0.4, 0.5) is 11.4 Å². The predicted octanol–water partition coefficient (Wildman–Crippen LogP) is 6.91. The van der Waals surface area contributed by atoms with Crippen molar-refractivity contribution in [2.45, 2.75) is 19.3 Å². The highest BCUT2D eigenvalue weighted by Gasteiger charge is 2.18. The van der Waals surface area contributed by atoms with E-state index in [1.807, 2.05) is 72.8 Å². The van der Waals surface area contributed by atoms with Crippen molar-refractivity contribution >= 4 is 44.1 Å². The fourth-order valence-electron chi connectivity index (χ4n) is 4.31. The number of carbonyl (C=O) groups excluding carboxylic acids is 1. The largest absolute Gasteiger partial charge is 0.370 e. The van der Waals surface area contributed by atoms with Crippen molar-refractivity contribution in [3.8, 4) is 11.3 Å². The number of rotatable bonds is 4. The number of piperidine rings is 1. The van der Waals surface area contributed by atoms with E-state index in [0.29, 0.717) is 5.56 Å². The van der Waals surface area contributed by atoms with Gasteiger partial charge in [-0.2, -0.15) is 0 Å². The van der Waals surface area contributed by atoms with Gasteiger partial charge in [0, 0.05) is 28.5 Å². The van der Waals surface area contributed by atoms with Gasteiger partial charge in [0.25, 0.3) is 5.91 Å². The molecule has 32 heavy (non-hydrogen) atoms. The van der Waals surface area contributed by atoms with Gasteiger partial charge in [0.05, 0.1) is 28.1 Å². The number of hydrogen-bond donors (Lipinski definition) is 1. The molecule has 1 N–H and O–H groups in total. The third kappa shape index (κ3) is 4.26. The molecule has 4 nitrogen and oxygen atoms in total. The smallest absolute Gasteiger partial charge is 0.256 e. The van der Waals surface area contributed by atoms with Crippen molar-refractivity contribution in [3.63, 3.8) is 0 Å². The summed E-state index contributed by atoms with van der Waals surface area (Å²) in [7, 11) is 0. The van der Waals surface area contributed by atoms with Gasteiger partial charge in [0.2, 0.25) is 0 Å². The second-order valence-electron chi connectivity index (χ2n) is 8.10. The maximum Gasteiger partial charge on any atom is 0.256 e. The van der Waals surface area contributed by atoms with Crippen molar-refractivity contribution in [2.24, 2.45) is 0 Å². The number of anilines is 2. The molecule has 1 aliphatic rings. The summed E-state index contributed by atoms with van der Waals surface area (Å²) in [5, 5.41) is 4.04. The standard InChI is InChI=1S/C27H24BrN3O/c28-20-14-12-19(13-15-20)25-18-22(21-8-2-3-9-23(21)29-25)27(32)30-24-10-4-5-11-26(24)31-16-6-1-7-17-31/h2-5,8-15,18H,1,6-7,16-17H2,(H,30,32). The Morgan fingerprint density at radius 3 is 2.41 bits per heavy atom. The minimum atomic E-state index is -0.119. The maximum atomic E-state index is 13.5. The number of fused-ring (bicyclic) bond motifs is 1. The number of benzene rings is 3. The molecule has 0 radical (unpaired) electrons. The van der Waals surface area contributed by atoms with Crippen LogP contribution in [0.3, 0.4) is 0 Å². The summed E-state index contributed by atoms with van der Waals surface area (Å²) in [5.41, 5.74) is 5.13. The minimum absolute atomic E-state index is 0.119. The maximum absolute atomic E-state index is 13.5. The quantitative estimate of drug-likeness (QED) is 0.341. The molecule has 0 atom stereocenters. The van der Waals surface area contributed by atoms with Gasteiger partial charge in [-0.1, -0.05) is 58.4 Å². The molecule has 2 heterocycles. The van der Waals surface area contributed by atoms with Crippen molar-refractivity contribution in [1.82, 2.24) is 4.98 Å². The van der Waals surface area contributed by atoms with E-state index in [0.717, 1.165) is 51.1 Å². The molecule has 1 aliphatic heterocycles. The fraction of sp³-hybridized carbons (Fsp3) is 0.185. The molecule has 1 amide bonds. The molecule has 5 rings (SSSR count). The van der Waals surface area contributed by atoms with Crippen molar-refractivity contribution in [2.75, 3.05) is 23.3 Å². The first-order chi connectivity index (χ1) is 15.7. The van der Waals surface area contributed by atoms with Gasteiger partial charge >= 0.3 is 0 Å². The zero-order chi connectivity index (χ0) is 21.9. The van der Waals surface area contributed by atoms with Crippen LogP contribution in [0.2, 0.25) is 0 Å². The average Bonchev–Trinajstić information content (AvgIpc) is 2.84. The molecule has 4 aromatic rings. The first kappa shape index (κ1) is 20.7. The van der Waals surface area contributed by atoms with Crippen LogP contribution in [-0.2, 0) is 0 Å². The van der Waals surface area contributed by atoms with Crippen LogP contribution in [0.15, 0.2) is 83.3 Å². The third-order valence-corrected chi connectivity index (χ3v) is 6.48. The number of halogens is 1. The van der Waals surface area contributed by atoms with E-state index in [1.165, 1.54) is 19.3 Å². The number of pyridine rings is 1. The first-order valence-corrected chi connectivity index (χ1v) is 11.8. The molecule has 3 aromatic carbocycles. The normalized spacial score (nSPS) is 13.8. The highest BCUT2D eigenvalue weighted by atomic mass is 79.9. The Bertz CT molecular complexity index is 1260. The summed E-state index contributed by atoms with van der Waals surface area (Å²) in [4.78, 5) is 20.7. The molecule has 160 valence electrons. The number of para-hydroxylation sites is 3. The van der Waals surface area contributed by atoms with Crippen molar-refractivity contribution < 1.29 is 4.79 Å². The summed E-state index contributed by atoms with van der Waals surface area (Å²) in [6.45, 7) is 2.05. The van der Waals surface area contributed by atoms with Gasteiger partial charge in [-0.25, -0.2) is 4.98 Å². The van der Waals surface area contributed by atoms with Gasteiger partial charge < -0.3 is 10.2 Å². The van der Waals surface area contributed by atoms with Crippen LogP contribution in [0.5, 0.6) is 0 Å². The molecule has 0 unspecified atom stereocenters. The lowest BCUT2D eigenvalue weighted by atomic mass is 10.0. The van der Waals surface area contributed by atoms with E-state index >= 15 is 0 Å². The van der Waals surface area contributed by atoms with Crippen LogP contribution in [-0.4, -0.2) is 24.0 Å². The lowest BCUT2D eigenvalue weighted by Crippen LogP contribution is -2.30. The van der Waals surface area contributed by atoms with Crippen LogP contribution in [0.1, 0.15) is 29.6 Å². The molecule has 0 spiro atoms. The summed E-state index contributed by atoms with van der Waals surface area (Å²) in [6.07, 6.45) is 3.65. The lowest BCUT2D eigenvalue weighted by Gasteiger charge is -2.30. The zero-order valence-electron chi connectivity index (χ0n) is 17.7. The van der Waals surface area contributed by atoms with E-state index < -0.39 is 0 Å². The van der Waals surface area contributed by atoms with Crippen LogP contribution < -0.4 is 10.2 Å². The van der Waals surface area contributed by atoms with Crippen LogP contribution >= 0.6 is 15.9 Å². The number of hydrogen-bond acceptors (Lipinski definition) is 3. The van der Waals surface area contributed by atoms with Crippen LogP contribution in [0.25, 0.3) is 22.2 Å². The van der Waals surface area contributed by atoms with E-state index in [2.05, 4.69) is 32.2 Å². The van der Waals surface area contributed by atoms with Crippen molar-refractivity contribution in [3.05, 3.63) is 88.9 Å². The lowest BCUT2D eigenvalue weighted by molar-refractivity contribution is 0.102. The molecule has 1 saturated heterocycles. The first-order valence-electron chi connectivity index (χ1n) is 11.0. The van der Waals surface area contributed by atoms with E-state index in [9.17, 15) is 4.79 Å². The third-order valence-electron chi connectivity index (χ3n) is 5.95. The van der Waals surface area contributed by atoms with E-state index in [1.54, 1.807) is 0 Å². The highest BCUT2D eigenvalue weighted by molar-refractivity contribution is 9.10. The predicted molar refractivity (Wildman–Crippen MR) is 135 cm³/mol. The summed E-state index contributed by atoms with van der Waals surface area (Å²) in [6, 6.07) is 25.8. The highest BCUT2D eigenvalue weighted by Crippen LogP contribution is 2.30. The second-order valence-corrected chi connectivity index (χ2v) is 9.01. The fourth-order valence-corrected chi connectivity index (χ4v) is 4.58. The minimum Gasteiger partial charge on any atom is -0.370 e. The average molecular weight is 486 g/mol. The van der Waals surface area contributed by atoms with Gasteiger partial charge in [0.15, 0.2) is 0 Å². The molecule has 1 aromatic heterocycles. The van der Waals surface area contributed by atoms with E-state index in [-0.39, 0.29) is 5.91 Å². The number of nitrogens with zero attached hydrogens (tertiary/aromatic N) is 2. The molecule has 5 heteroatoms. The molecular weight excluding hydrogens is 462 g/mol. The molecule has 0 saturated carbocycles. The Labute approximate surface area is 196 Å². The van der Waals surface area contributed by atoms with Gasteiger partial charge in [0.1, 0.15) is 0 Å². The Hall–Kier alpha value is -3.18. The zero-order valence-corrected chi connectivity index (χ0v) is 19.3. The molecular formula is C27H24BrN3O. The molecule has 1 fully saturated rings. The van der Waals surface area contributed by atoms with Crippen LogP contribution in [0, 0.1) is 0 Å². The topological polar surface area (TPSA) is 45.2 Å². The van der Waals surface area contributed by atoms with Gasteiger partial charge in [-0.3, -0.25) is 4.79 Å². The Morgan fingerprint density at radius 2 is 1.59 bits per heavy atom. The number of amides is 1. The number of nitrogens with one attached hydrogen (secondary N) is 1. The van der Waals surface area contributed by atoms with Crippen molar-refractivity contribution in [1.29, 1.82) is 0 Å². The Kier molecular flexibility index (Phi) is 5.91. The molecule has 0 aliphatic carbocycles. The monoisotopic (exact) mass is 485 g/mol. The molecule has 0 bridgehead atoms. The Morgan fingerprint density at radius 1 is 0.875 bits per heavy atom. The number of carbonyl (C=O) groups is 1. The van der Waals surface area contributed by atoms with Gasteiger partial charge in [-0.15, -0.1) is 0 Å². The SMILES string of the molecule is O=C(Nc1ccccc1N1CCCCC1)c1cc(-c2ccc(Br)cc2)nc2ccccc12. The summed E-state index contributed by atoms with van der Waals surface area (Å²) < 4.78 is 1.01. The number of aromatic nitrogens is 1. The summed E-state index contributed by atoms with van der Waals surface area (Å²) >= 11 is 3.48. The van der Waals surface area contributed by atoms with Gasteiger partial charge in [-0.05, 0) is 55.7 Å². The second kappa shape index (κ2) is 9.13. The Balaban J connectivity index is 1.53.